The van der Waals surface area contributed by atoms with Gasteiger partial charge >= 0.3 is 0 Å². The summed E-state index contributed by atoms with van der Waals surface area (Å²) in [6, 6.07) is 15.4. The first kappa shape index (κ1) is 16.4. The smallest absolute Gasteiger partial charge is 0.239 e. The molecular formula is C20H20N2O4. The SMILES string of the molecule is O=C1CN(C(=O)Cc2ccc3c(c2)OCO3)C[C@H](Cc2ccccc2)N1. The highest BCUT2D eigenvalue weighted by Gasteiger charge is 2.28. The number of amides is 2. The minimum Gasteiger partial charge on any atom is -0.454 e. The van der Waals surface area contributed by atoms with E-state index in [4.69, 9.17) is 9.47 Å². The number of fused-ring (bicyclic) bond motifs is 1. The van der Waals surface area contributed by atoms with E-state index in [0.29, 0.717) is 24.5 Å². The van der Waals surface area contributed by atoms with Gasteiger partial charge in [-0.05, 0) is 29.7 Å². The van der Waals surface area contributed by atoms with Gasteiger partial charge in [0.25, 0.3) is 0 Å². The number of rotatable bonds is 4. The fraction of sp³-hybridized carbons (Fsp3) is 0.300. The number of hydrogen-bond acceptors (Lipinski definition) is 4. The summed E-state index contributed by atoms with van der Waals surface area (Å²) in [4.78, 5) is 26.4. The summed E-state index contributed by atoms with van der Waals surface area (Å²) in [6.45, 7) is 0.832. The van der Waals surface area contributed by atoms with Crippen LogP contribution < -0.4 is 14.8 Å². The molecule has 2 amide bonds. The highest BCUT2D eigenvalue weighted by molar-refractivity contribution is 5.87. The first-order valence-corrected chi connectivity index (χ1v) is 8.67. The summed E-state index contributed by atoms with van der Waals surface area (Å²) in [5, 5.41) is 2.98. The molecule has 6 nitrogen and oxygen atoms in total. The van der Waals surface area contributed by atoms with Crippen molar-refractivity contribution in [1.29, 1.82) is 0 Å². The number of piperazine rings is 1. The van der Waals surface area contributed by atoms with Gasteiger partial charge in [-0.3, -0.25) is 9.59 Å². The van der Waals surface area contributed by atoms with Crippen molar-refractivity contribution in [2.75, 3.05) is 19.9 Å². The summed E-state index contributed by atoms with van der Waals surface area (Å²) < 4.78 is 10.6. The number of carbonyl (C=O) groups is 2. The Morgan fingerprint density at radius 1 is 1.08 bits per heavy atom. The summed E-state index contributed by atoms with van der Waals surface area (Å²) in [5.74, 6) is 1.18. The molecule has 6 heteroatoms. The predicted molar refractivity (Wildman–Crippen MR) is 94.9 cm³/mol. The molecule has 2 aliphatic rings. The Kier molecular flexibility index (Phi) is 4.48. The van der Waals surface area contributed by atoms with Gasteiger partial charge in [0.05, 0.1) is 19.0 Å². The fourth-order valence-electron chi connectivity index (χ4n) is 3.36. The van der Waals surface area contributed by atoms with Gasteiger partial charge in [0.2, 0.25) is 18.6 Å². The topological polar surface area (TPSA) is 67.9 Å². The quantitative estimate of drug-likeness (QED) is 0.906. The molecule has 1 fully saturated rings. The van der Waals surface area contributed by atoms with Crippen LogP contribution in [0.1, 0.15) is 11.1 Å². The van der Waals surface area contributed by atoms with Crippen molar-refractivity contribution in [3.63, 3.8) is 0 Å². The zero-order chi connectivity index (χ0) is 17.9. The van der Waals surface area contributed by atoms with Crippen LogP contribution in [0.2, 0.25) is 0 Å². The van der Waals surface area contributed by atoms with Crippen molar-refractivity contribution in [2.45, 2.75) is 18.9 Å². The lowest BCUT2D eigenvalue weighted by Crippen LogP contribution is -2.56. The van der Waals surface area contributed by atoms with Gasteiger partial charge in [0.15, 0.2) is 11.5 Å². The highest BCUT2D eigenvalue weighted by atomic mass is 16.7. The molecule has 1 N–H and O–H groups in total. The molecule has 0 spiro atoms. The first-order chi connectivity index (χ1) is 12.7. The van der Waals surface area contributed by atoms with Crippen molar-refractivity contribution < 1.29 is 19.1 Å². The van der Waals surface area contributed by atoms with Crippen molar-refractivity contribution in [3.05, 3.63) is 59.7 Å². The molecule has 26 heavy (non-hydrogen) atoms. The second-order valence-electron chi connectivity index (χ2n) is 6.59. The van der Waals surface area contributed by atoms with E-state index in [9.17, 15) is 9.59 Å². The Balaban J connectivity index is 1.41. The van der Waals surface area contributed by atoms with E-state index in [1.54, 1.807) is 4.90 Å². The lowest BCUT2D eigenvalue weighted by Gasteiger charge is -2.33. The van der Waals surface area contributed by atoms with Gasteiger partial charge in [-0.25, -0.2) is 0 Å². The standard InChI is InChI=1S/C20H20N2O4/c23-19-12-22(11-16(21-19)8-14-4-2-1-3-5-14)20(24)10-15-6-7-17-18(9-15)26-13-25-17/h1-7,9,16H,8,10-13H2,(H,21,23)/t16-/m0/s1. The molecule has 0 bridgehead atoms. The Morgan fingerprint density at radius 2 is 1.88 bits per heavy atom. The molecule has 2 aromatic carbocycles. The van der Waals surface area contributed by atoms with Gasteiger partial charge < -0.3 is 19.7 Å². The van der Waals surface area contributed by atoms with Crippen LogP contribution in [0.4, 0.5) is 0 Å². The number of nitrogens with one attached hydrogen (secondary N) is 1. The van der Waals surface area contributed by atoms with E-state index < -0.39 is 0 Å². The van der Waals surface area contributed by atoms with E-state index in [0.717, 1.165) is 11.1 Å². The second-order valence-corrected chi connectivity index (χ2v) is 6.59. The normalized spacial score (nSPS) is 18.5. The Hall–Kier alpha value is -3.02. The molecule has 2 heterocycles. The Labute approximate surface area is 151 Å². The van der Waals surface area contributed by atoms with E-state index in [1.165, 1.54) is 0 Å². The van der Waals surface area contributed by atoms with E-state index >= 15 is 0 Å². The molecule has 2 aromatic rings. The van der Waals surface area contributed by atoms with Crippen LogP contribution in [0.25, 0.3) is 0 Å². The third-order valence-electron chi connectivity index (χ3n) is 4.61. The number of hydrogen-bond donors (Lipinski definition) is 1. The van der Waals surface area contributed by atoms with Crippen LogP contribution >= 0.6 is 0 Å². The van der Waals surface area contributed by atoms with Crippen molar-refractivity contribution in [3.8, 4) is 11.5 Å². The van der Waals surface area contributed by atoms with Crippen LogP contribution in [0.5, 0.6) is 11.5 Å². The zero-order valence-electron chi connectivity index (χ0n) is 14.3. The first-order valence-electron chi connectivity index (χ1n) is 8.67. The second kappa shape index (κ2) is 7.07. The molecule has 0 unspecified atom stereocenters. The maximum atomic E-state index is 12.7. The predicted octanol–water partition coefficient (Wildman–Crippen LogP) is 1.53. The van der Waals surface area contributed by atoms with Crippen LogP contribution in [0.15, 0.2) is 48.5 Å². The molecule has 0 saturated carbocycles. The summed E-state index contributed by atoms with van der Waals surface area (Å²) in [5.41, 5.74) is 1.99. The molecule has 2 aliphatic heterocycles. The van der Waals surface area contributed by atoms with Crippen molar-refractivity contribution in [1.82, 2.24) is 10.2 Å². The maximum absolute atomic E-state index is 12.7. The van der Waals surface area contributed by atoms with Gasteiger partial charge in [-0.2, -0.15) is 0 Å². The Morgan fingerprint density at radius 3 is 2.73 bits per heavy atom. The lowest BCUT2D eigenvalue weighted by atomic mass is 10.0. The van der Waals surface area contributed by atoms with Crippen LogP contribution in [0.3, 0.4) is 0 Å². The summed E-state index contributed by atoms with van der Waals surface area (Å²) >= 11 is 0. The van der Waals surface area contributed by atoms with Crippen LogP contribution in [-0.2, 0) is 22.4 Å². The minimum atomic E-state index is -0.115. The number of ether oxygens (including phenoxy) is 2. The van der Waals surface area contributed by atoms with E-state index in [-0.39, 0.29) is 37.6 Å². The molecule has 0 radical (unpaired) electrons. The molecule has 0 aromatic heterocycles. The molecule has 1 saturated heterocycles. The van der Waals surface area contributed by atoms with Crippen molar-refractivity contribution in [2.24, 2.45) is 0 Å². The van der Waals surface area contributed by atoms with E-state index in [1.807, 2.05) is 48.5 Å². The largest absolute Gasteiger partial charge is 0.454 e. The molecule has 134 valence electrons. The molecule has 4 rings (SSSR count). The number of carbonyl (C=O) groups excluding carboxylic acids is 2. The molecular weight excluding hydrogens is 332 g/mol. The third-order valence-corrected chi connectivity index (χ3v) is 4.61. The Bertz CT molecular complexity index is 822. The average molecular weight is 352 g/mol. The molecule has 1 atom stereocenters. The average Bonchev–Trinajstić information content (AvgIpc) is 3.10. The minimum absolute atomic E-state index is 0.0585. The fourth-order valence-corrected chi connectivity index (χ4v) is 3.36. The van der Waals surface area contributed by atoms with Gasteiger partial charge in [-0.1, -0.05) is 36.4 Å². The molecule has 0 aliphatic carbocycles. The number of benzene rings is 2. The highest BCUT2D eigenvalue weighted by Crippen LogP contribution is 2.32. The summed E-state index contributed by atoms with van der Waals surface area (Å²) in [7, 11) is 0. The van der Waals surface area contributed by atoms with E-state index in [2.05, 4.69) is 5.32 Å². The lowest BCUT2D eigenvalue weighted by molar-refractivity contribution is -0.139. The van der Waals surface area contributed by atoms with Gasteiger partial charge in [-0.15, -0.1) is 0 Å². The van der Waals surface area contributed by atoms with Gasteiger partial charge in [0, 0.05) is 6.54 Å². The van der Waals surface area contributed by atoms with Crippen LogP contribution in [-0.4, -0.2) is 42.6 Å². The monoisotopic (exact) mass is 352 g/mol. The van der Waals surface area contributed by atoms with Crippen LogP contribution in [0, 0.1) is 0 Å². The zero-order valence-corrected chi connectivity index (χ0v) is 14.3. The summed E-state index contributed by atoms with van der Waals surface area (Å²) in [6.07, 6.45) is 0.947. The van der Waals surface area contributed by atoms with Gasteiger partial charge in [0.1, 0.15) is 0 Å². The third kappa shape index (κ3) is 3.64. The maximum Gasteiger partial charge on any atom is 0.239 e. The van der Waals surface area contributed by atoms with Crippen molar-refractivity contribution >= 4 is 11.8 Å². The number of nitrogens with zero attached hydrogens (tertiary/aromatic N) is 1.